The first-order chi connectivity index (χ1) is 15.0. The minimum atomic E-state index is -1.42. The molecule has 0 saturated carbocycles. The van der Waals surface area contributed by atoms with Crippen LogP contribution in [0.5, 0.6) is 0 Å². The average Bonchev–Trinajstić information content (AvgIpc) is 3.39. The summed E-state index contributed by atoms with van der Waals surface area (Å²) >= 11 is -1.42. The second-order valence-electron chi connectivity index (χ2n) is 9.05. The zero-order chi connectivity index (χ0) is 22.2. The second-order valence-corrected chi connectivity index (χ2v) is 28.4. The number of hydrogen-bond acceptors (Lipinski definition) is 0. The molecule has 0 bridgehead atoms. The fourth-order valence-electron chi connectivity index (χ4n) is 4.51. The second kappa shape index (κ2) is 11.9. The molecule has 0 heterocycles. The van der Waals surface area contributed by atoms with Crippen LogP contribution in [0.25, 0.3) is 0 Å². The van der Waals surface area contributed by atoms with Gasteiger partial charge >= 0.3 is 115 Å². The molecule has 161 valence electrons. The molecule has 2 aliphatic rings. The molecule has 0 amide bonds. The van der Waals surface area contributed by atoms with Gasteiger partial charge < -0.3 is 0 Å². The zero-order valence-corrected chi connectivity index (χ0v) is 23.5. The quantitative estimate of drug-likeness (QED) is 0.350. The average molecular weight is 505 g/mol. The molecule has 2 aliphatic carbocycles. The molecule has 0 aliphatic heterocycles. The van der Waals surface area contributed by atoms with E-state index in [0.717, 1.165) is 12.8 Å². The maximum absolute atomic E-state index is 2.58. The summed E-state index contributed by atoms with van der Waals surface area (Å²) in [4.78, 5) is 0. The summed E-state index contributed by atoms with van der Waals surface area (Å²) in [6.45, 7) is 12.2. The van der Waals surface area contributed by atoms with E-state index in [9.17, 15) is 0 Å². The van der Waals surface area contributed by atoms with Gasteiger partial charge in [-0.1, -0.05) is 60.7 Å². The van der Waals surface area contributed by atoms with Crippen LogP contribution in [0.15, 0.2) is 102 Å². The van der Waals surface area contributed by atoms with E-state index in [0.29, 0.717) is 0 Å². The molecule has 0 saturated heterocycles. The Morgan fingerprint density at radius 1 is 0.774 bits per heavy atom. The Hall–Kier alpha value is -1.50. The predicted octanol–water partition coefficient (Wildman–Crippen LogP) is 7.92. The topological polar surface area (TPSA) is 0 Å². The van der Waals surface area contributed by atoms with Crippen LogP contribution in [0.3, 0.4) is 0 Å². The van der Waals surface area contributed by atoms with Gasteiger partial charge in [0, 0.05) is 0 Å². The monoisotopic (exact) mass is 503 g/mol. The smallest absolute Gasteiger partial charge is 0.0238 e. The Bertz CT molecular complexity index is 938. The van der Waals surface area contributed by atoms with E-state index in [-0.39, 0.29) is 0 Å². The van der Waals surface area contributed by atoms with Crippen molar-refractivity contribution in [1.82, 2.24) is 0 Å². The van der Waals surface area contributed by atoms with Crippen LogP contribution < -0.4 is 0 Å². The molecule has 0 radical (unpaired) electrons. The van der Waals surface area contributed by atoms with E-state index in [1.807, 2.05) is 6.56 Å². The van der Waals surface area contributed by atoms with Gasteiger partial charge in [-0.3, -0.25) is 0 Å². The molecular weight excluding hydrogens is 468 g/mol. The molecule has 4 rings (SSSR count). The molecule has 0 nitrogen and oxygen atoms in total. The molecular formula is C29H37SiZr. The Balaban J connectivity index is 0.000000179. The summed E-state index contributed by atoms with van der Waals surface area (Å²) in [6, 6.07) is 21.2. The van der Waals surface area contributed by atoms with Crippen LogP contribution in [0.4, 0.5) is 0 Å². The number of benzene rings is 2. The van der Waals surface area contributed by atoms with Crippen molar-refractivity contribution in [2.24, 2.45) is 0 Å². The summed E-state index contributed by atoms with van der Waals surface area (Å²) in [6.07, 6.45) is 11.9. The van der Waals surface area contributed by atoms with Gasteiger partial charge in [0.25, 0.3) is 0 Å². The van der Waals surface area contributed by atoms with E-state index in [1.54, 1.807) is 16.7 Å². The molecule has 0 fully saturated rings. The Morgan fingerprint density at radius 3 is 1.71 bits per heavy atom. The van der Waals surface area contributed by atoms with E-state index < -0.39 is 26.8 Å². The van der Waals surface area contributed by atoms with E-state index in [2.05, 4.69) is 113 Å². The van der Waals surface area contributed by atoms with Crippen LogP contribution in [-0.2, 0) is 33.8 Å². The largest absolute Gasteiger partial charge is 0.0622 e. The van der Waals surface area contributed by atoms with Crippen molar-refractivity contribution >= 4 is 5.92 Å². The third kappa shape index (κ3) is 6.74. The fourth-order valence-corrected chi connectivity index (χ4v) is 24.7. The van der Waals surface area contributed by atoms with Crippen LogP contribution in [0.2, 0.25) is 13.1 Å². The maximum Gasteiger partial charge on any atom is -0.0238 e. The van der Waals surface area contributed by atoms with Gasteiger partial charge in [-0.05, 0) is 24.0 Å². The van der Waals surface area contributed by atoms with Crippen LogP contribution in [0, 0.1) is 0 Å². The van der Waals surface area contributed by atoms with Gasteiger partial charge in [0.15, 0.2) is 0 Å². The molecule has 0 aromatic heterocycles. The van der Waals surface area contributed by atoms with Crippen molar-refractivity contribution in [2.45, 2.75) is 59.5 Å². The fraction of sp³-hybridized carbons (Fsp3) is 0.310. The number of hydrogen-bond donors (Lipinski definition) is 0. The molecule has 0 unspecified atom stereocenters. The molecule has 2 heteroatoms. The Labute approximate surface area is 198 Å². The van der Waals surface area contributed by atoms with Crippen LogP contribution in [0.1, 0.15) is 44.7 Å². The molecule has 0 spiro atoms. The Morgan fingerprint density at radius 2 is 1.32 bits per heavy atom. The third-order valence-electron chi connectivity index (χ3n) is 6.50. The van der Waals surface area contributed by atoms with E-state index >= 15 is 0 Å². The Kier molecular flexibility index (Phi) is 9.30. The van der Waals surface area contributed by atoms with Gasteiger partial charge in [0.2, 0.25) is 0 Å². The predicted molar refractivity (Wildman–Crippen MR) is 137 cm³/mol. The van der Waals surface area contributed by atoms with Gasteiger partial charge in [0.05, 0.1) is 0 Å². The SMILES string of the molecule is CC1=C(C)C(C)=[C]([Zr]([C]2=CC=CC2)[SiH](C)C)C1.c1ccc(CCc2ccccc2)cc1. The summed E-state index contributed by atoms with van der Waals surface area (Å²) in [7, 11) is 0. The first-order valence-electron chi connectivity index (χ1n) is 11.6. The summed E-state index contributed by atoms with van der Waals surface area (Å²) in [5.41, 5.74) is 7.73. The molecule has 2 aromatic rings. The van der Waals surface area contributed by atoms with Crippen molar-refractivity contribution < 1.29 is 20.9 Å². The number of allylic oxidation sites excluding steroid dienone is 8. The van der Waals surface area contributed by atoms with E-state index in [1.165, 1.54) is 24.0 Å². The van der Waals surface area contributed by atoms with Crippen LogP contribution in [-0.4, -0.2) is 5.92 Å². The van der Waals surface area contributed by atoms with Gasteiger partial charge in [0.1, 0.15) is 0 Å². The van der Waals surface area contributed by atoms with E-state index in [4.69, 9.17) is 0 Å². The normalized spacial score (nSPS) is 15.4. The third-order valence-corrected chi connectivity index (χ3v) is 26.0. The molecule has 0 atom stereocenters. The molecule has 0 N–H and O–H groups in total. The number of rotatable bonds is 6. The van der Waals surface area contributed by atoms with Crippen molar-refractivity contribution in [2.75, 3.05) is 0 Å². The standard InChI is InChI=1S/C14H14.C8H11.C5H5.C2H7Si.Zr/c1-3-7-13(8-4-1)11-12-14-9-5-2-6-10-14;1-6-4-5-7(2)8(6)3;1-2-4-5-3-1;1-3-2;/h1-10H,11-12H2;4H2,1-3H3;1-3H,4H2;3H,1-2H3;. The molecule has 31 heavy (non-hydrogen) atoms. The number of aryl methyl sites for hydroxylation is 2. The minimum absolute atomic E-state index is 0.481. The molecule has 2 aromatic carbocycles. The van der Waals surface area contributed by atoms with Crippen molar-refractivity contribution in [3.63, 3.8) is 0 Å². The zero-order valence-electron chi connectivity index (χ0n) is 19.9. The van der Waals surface area contributed by atoms with Crippen LogP contribution >= 0.6 is 0 Å². The van der Waals surface area contributed by atoms with Crippen molar-refractivity contribution in [3.05, 3.63) is 113 Å². The van der Waals surface area contributed by atoms with Gasteiger partial charge in [-0.2, -0.15) is 0 Å². The first kappa shape index (κ1) is 24.1. The summed E-state index contributed by atoms with van der Waals surface area (Å²) < 4.78 is 3.80. The summed E-state index contributed by atoms with van der Waals surface area (Å²) in [5.74, 6) is -0.481. The maximum atomic E-state index is 2.58. The summed E-state index contributed by atoms with van der Waals surface area (Å²) in [5, 5.41) is 0. The van der Waals surface area contributed by atoms with Crippen molar-refractivity contribution in [1.29, 1.82) is 0 Å². The van der Waals surface area contributed by atoms with Gasteiger partial charge in [-0.15, -0.1) is 0 Å². The van der Waals surface area contributed by atoms with Gasteiger partial charge in [-0.25, -0.2) is 0 Å². The van der Waals surface area contributed by atoms with Crippen molar-refractivity contribution in [3.8, 4) is 0 Å². The first-order valence-corrected chi connectivity index (χ1v) is 21.2. The minimum Gasteiger partial charge on any atom is -0.0622 e.